The molecule has 0 spiro atoms. The second-order valence-electron chi connectivity index (χ2n) is 9.44. The van der Waals surface area contributed by atoms with Crippen LogP contribution in [-0.4, -0.2) is 52.1 Å². The van der Waals surface area contributed by atoms with E-state index in [0.29, 0.717) is 6.54 Å². The number of esters is 1. The molecule has 1 heterocycles. The van der Waals surface area contributed by atoms with E-state index in [-0.39, 0.29) is 23.6 Å². The predicted molar refractivity (Wildman–Crippen MR) is 151 cm³/mol. The molecule has 6 nitrogen and oxygen atoms in total. The van der Waals surface area contributed by atoms with Gasteiger partial charge in [-0.2, -0.15) is 0 Å². The third-order valence-corrected chi connectivity index (χ3v) is 8.63. The number of likely N-dealkylation sites (tertiary alicyclic amines) is 1. The maximum Gasteiger partial charge on any atom is 0.339 e. The maximum absolute atomic E-state index is 13.0. The van der Waals surface area contributed by atoms with E-state index in [1.165, 1.54) is 45.5 Å². The van der Waals surface area contributed by atoms with Crippen LogP contribution >= 0.6 is 0 Å². The van der Waals surface area contributed by atoms with E-state index in [4.69, 9.17) is 4.74 Å². The summed E-state index contributed by atoms with van der Waals surface area (Å²) in [7, 11) is -3.85. The molecule has 0 atom stereocenters. The van der Waals surface area contributed by atoms with Crippen molar-refractivity contribution in [3.05, 3.63) is 106 Å². The van der Waals surface area contributed by atoms with E-state index in [2.05, 4.69) is 70.3 Å². The lowest BCUT2D eigenvalue weighted by molar-refractivity contribution is 0.0521. The predicted octanol–water partition coefficient (Wildman–Crippen LogP) is 5.22. The van der Waals surface area contributed by atoms with Gasteiger partial charge in [-0.05, 0) is 59.7 Å². The number of ether oxygens (including phenoxy) is 1. The molecular weight excluding hydrogens is 496 g/mol. The molecule has 5 rings (SSSR count). The maximum atomic E-state index is 13.0. The van der Waals surface area contributed by atoms with Crippen molar-refractivity contribution in [3.63, 3.8) is 0 Å². The van der Waals surface area contributed by atoms with Crippen LogP contribution in [0.1, 0.15) is 52.4 Å². The molecule has 1 aliphatic heterocycles. The van der Waals surface area contributed by atoms with Crippen LogP contribution in [0.3, 0.4) is 0 Å². The van der Waals surface area contributed by atoms with Crippen LogP contribution in [0, 0.1) is 0 Å². The van der Waals surface area contributed by atoms with Crippen LogP contribution in [0.25, 0.3) is 17.7 Å². The Bertz CT molecular complexity index is 1450. The van der Waals surface area contributed by atoms with Gasteiger partial charge in [0.1, 0.15) is 0 Å². The van der Waals surface area contributed by atoms with E-state index >= 15 is 0 Å². The van der Waals surface area contributed by atoms with Gasteiger partial charge in [-0.1, -0.05) is 78.4 Å². The first-order chi connectivity index (χ1) is 18.5. The van der Waals surface area contributed by atoms with Crippen molar-refractivity contribution in [2.75, 3.05) is 32.8 Å². The molecule has 0 saturated carbocycles. The van der Waals surface area contributed by atoms with Crippen molar-refractivity contribution in [1.29, 1.82) is 0 Å². The molecule has 38 heavy (non-hydrogen) atoms. The summed E-state index contributed by atoms with van der Waals surface area (Å²) in [6.45, 7) is 4.45. The zero-order chi connectivity index (χ0) is 26.5. The summed E-state index contributed by atoms with van der Waals surface area (Å²) in [4.78, 5) is 14.5. The highest BCUT2D eigenvalue weighted by Crippen LogP contribution is 2.38. The Kier molecular flexibility index (Phi) is 7.88. The minimum absolute atomic E-state index is 0.0505. The molecule has 0 unspecified atom stereocenters. The minimum Gasteiger partial charge on any atom is -0.462 e. The molecule has 1 aliphatic carbocycles. The van der Waals surface area contributed by atoms with Crippen LogP contribution in [0.2, 0.25) is 0 Å². The average Bonchev–Trinajstić information content (AvgIpc) is 3.11. The molecule has 2 aliphatic rings. The van der Waals surface area contributed by atoms with Crippen LogP contribution in [0.4, 0.5) is 0 Å². The van der Waals surface area contributed by atoms with Crippen LogP contribution in [0.5, 0.6) is 0 Å². The van der Waals surface area contributed by atoms with Crippen LogP contribution < -0.4 is 4.72 Å². The molecule has 0 aromatic heterocycles. The number of rotatable bonds is 7. The van der Waals surface area contributed by atoms with Crippen molar-refractivity contribution in [3.8, 4) is 0 Å². The van der Waals surface area contributed by atoms with Gasteiger partial charge in [0.05, 0.1) is 17.1 Å². The van der Waals surface area contributed by atoms with E-state index in [0.717, 1.165) is 25.9 Å². The Labute approximate surface area is 224 Å². The van der Waals surface area contributed by atoms with Crippen molar-refractivity contribution >= 4 is 33.7 Å². The Morgan fingerprint density at radius 3 is 2.08 bits per heavy atom. The lowest BCUT2D eigenvalue weighted by atomic mass is 9.86. The third kappa shape index (κ3) is 5.50. The molecule has 196 valence electrons. The standard InChI is InChI=1S/C31H32N2O4S/c1-2-37-31(34)28-13-7-8-14-29(28)38(35,36)32-19-22-33-20-17-25(18-21-33)30-26-11-5-3-9-23(26)15-16-24-10-4-6-12-27(24)30/h3-16,32H,2,17-22H2,1H3. The van der Waals surface area contributed by atoms with Gasteiger partial charge < -0.3 is 9.64 Å². The Hall–Kier alpha value is -3.52. The number of carbonyl (C=O) groups excluding carboxylic acids is 1. The molecule has 3 aromatic carbocycles. The number of hydrogen-bond donors (Lipinski definition) is 1. The summed E-state index contributed by atoms with van der Waals surface area (Å²) in [5, 5.41) is 0. The third-order valence-electron chi connectivity index (χ3n) is 7.11. The first kappa shape index (κ1) is 26.1. The molecular formula is C31H32N2O4S. The number of benzene rings is 3. The number of piperidine rings is 1. The summed E-state index contributed by atoms with van der Waals surface area (Å²) in [6.07, 6.45) is 6.25. The highest BCUT2D eigenvalue weighted by molar-refractivity contribution is 7.89. The van der Waals surface area contributed by atoms with E-state index in [9.17, 15) is 13.2 Å². The molecule has 1 saturated heterocycles. The van der Waals surface area contributed by atoms with E-state index in [1.54, 1.807) is 19.1 Å². The lowest BCUT2D eigenvalue weighted by Gasteiger charge is -2.30. The molecule has 0 amide bonds. The fourth-order valence-electron chi connectivity index (χ4n) is 5.24. The second kappa shape index (κ2) is 11.5. The van der Waals surface area contributed by atoms with Gasteiger partial charge in [-0.3, -0.25) is 0 Å². The van der Waals surface area contributed by atoms with Crippen molar-refractivity contribution in [2.24, 2.45) is 0 Å². The summed E-state index contributed by atoms with van der Waals surface area (Å²) in [5.41, 5.74) is 7.81. The van der Waals surface area contributed by atoms with Gasteiger partial charge in [0.25, 0.3) is 0 Å². The molecule has 0 bridgehead atoms. The van der Waals surface area contributed by atoms with Crippen molar-refractivity contribution in [2.45, 2.75) is 24.7 Å². The fraction of sp³-hybridized carbons (Fsp3) is 0.258. The molecule has 3 aromatic rings. The first-order valence-corrected chi connectivity index (χ1v) is 14.5. The highest BCUT2D eigenvalue weighted by Gasteiger charge is 2.25. The van der Waals surface area contributed by atoms with Gasteiger partial charge in [0, 0.05) is 26.2 Å². The average molecular weight is 529 g/mol. The van der Waals surface area contributed by atoms with Gasteiger partial charge in [0.2, 0.25) is 10.0 Å². The molecule has 7 heteroatoms. The first-order valence-electron chi connectivity index (χ1n) is 13.0. The number of fused-ring (bicyclic) bond motifs is 2. The second-order valence-corrected chi connectivity index (χ2v) is 11.2. The Morgan fingerprint density at radius 2 is 1.45 bits per heavy atom. The highest BCUT2D eigenvalue weighted by atomic mass is 32.2. The zero-order valence-electron chi connectivity index (χ0n) is 21.5. The number of nitrogens with one attached hydrogen (secondary N) is 1. The monoisotopic (exact) mass is 528 g/mol. The van der Waals surface area contributed by atoms with Gasteiger partial charge in [0.15, 0.2) is 0 Å². The van der Waals surface area contributed by atoms with Crippen molar-refractivity contribution < 1.29 is 17.9 Å². The summed E-state index contributed by atoms with van der Waals surface area (Å²) in [6, 6.07) is 23.3. The fourth-order valence-corrected chi connectivity index (χ4v) is 6.45. The zero-order valence-corrected chi connectivity index (χ0v) is 22.3. The summed E-state index contributed by atoms with van der Waals surface area (Å²) >= 11 is 0. The van der Waals surface area contributed by atoms with Crippen LogP contribution in [0.15, 0.2) is 83.3 Å². The minimum atomic E-state index is -3.85. The summed E-state index contributed by atoms with van der Waals surface area (Å²) in [5.74, 6) is -0.637. The topological polar surface area (TPSA) is 75.7 Å². The lowest BCUT2D eigenvalue weighted by Crippen LogP contribution is -2.38. The van der Waals surface area contributed by atoms with Crippen LogP contribution in [-0.2, 0) is 14.8 Å². The number of nitrogens with zero attached hydrogens (tertiary/aromatic N) is 1. The van der Waals surface area contributed by atoms with Gasteiger partial charge in [-0.15, -0.1) is 0 Å². The van der Waals surface area contributed by atoms with Crippen molar-refractivity contribution in [1.82, 2.24) is 9.62 Å². The Morgan fingerprint density at radius 1 is 0.868 bits per heavy atom. The quantitative estimate of drug-likeness (QED) is 0.333. The van der Waals surface area contributed by atoms with E-state index in [1.807, 2.05) is 0 Å². The smallest absolute Gasteiger partial charge is 0.339 e. The molecule has 0 radical (unpaired) electrons. The number of sulfonamides is 1. The van der Waals surface area contributed by atoms with E-state index < -0.39 is 16.0 Å². The largest absolute Gasteiger partial charge is 0.462 e. The number of hydrogen-bond acceptors (Lipinski definition) is 5. The SMILES string of the molecule is CCOC(=O)c1ccccc1S(=O)(=O)NCCN1CCC(=C2c3ccccc3C=Cc3ccccc32)CC1. The number of carbonyl (C=O) groups is 1. The summed E-state index contributed by atoms with van der Waals surface area (Å²) < 4.78 is 33.7. The molecule has 1 N–H and O–H groups in total. The van der Waals surface area contributed by atoms with Gasteiger partial charge in [-0.25, -0.2) is 17.9 Å². The molecule has 1 fully saturated rings. The Balaban J connectivity index is 1.27. The normalized spacial score (nSPS) is 15.5. The van der Waals surface area contributed by atoms with Gasteiger partial charge >= 0.3 is 5.97 Å².